The molecule has 0 aromatic carbocycles. The Morgan fingerprint density at radius 3 is 2.00 bits per heavy atom. The van der Waals surface area contributed by atoms with Crippen molar-refractivity contribution in [2.24, 2.45) is 0 Å². The van der Waals surface area contributed by atoms with E-state index in [0.717, 1.165) is 0 Å². The lowest BCUT2D eigenvalue weighted by Gasteiger charge is -1.97. The second kappa shape index (κ2) is 3.92. The van der Waals surface area contributed by atoms with Gasteiger partial charge in [0.05, 0.1) is 0 Å². The van der Waals surface area contributed by atoms with Gasteiger partial charge in [0.2, 0.25) is 0 Å². The van der Waals surface area contributed by atoms with E-state index in [1.807, 2.05) is 0 Å². The molecule has 58 valence electrons. The molecule has 0 heterocycles. The summed E-state index contributed by atoms with van der Waals surface area (Å²) >= 11 is 0. The number of carbonyl (C=O) groups excluding carboxylic acids is 1. The molecule has 10 heavy (non-hydrogen) atoms. The molecule has 0 rings (SSSR count). The Hall–Kier alpha value is -1.00. The monoisotopic (exact) mass is 153 g/mol. The molecule has 0 bridgehead atoms. The van der Waals surface area contributed by atoms with Crippen LogP contribution < -0.4 is 5.11 Å². The molecule has 0 fully saturated rings. The number of allylic oxidation sites excluding steroid dienone is 1. The second-order valence-corrected chi connectivity index (χ2v) is 1.54. The van der Waals surface area contributed by atoms with Crippen LogP contribution in [0.5, 0.6) is 0 Å². The maximum absolute atomic E-state index is 11.7. The van der Waals surface area contributed by atoms with Crippen LogP contribution in [-0.2, 0) is 4.79 Å². The summed E-state index contributed by atoms with van der Waals surface area (Å²) < 4.78 is 34.1. The first-order valence-electron chi connectivity index (χ1n) is 2.43. The summed E-state index contributed by atoms with van der Waals surface area (Å²) in [4.78, 5) is 9.58. The van der Waals surface area contributed by atoms with Gasteiger partial charge in [-0.1, -0.05) is 0 Å². The Morgan fingerprint density at radius 2 is 1.70 bits per heavy atom. The van der Waals surface area contributed by atoms with E-state index < -0.39 is 30.7 Å². The highest BCUT2D eigenvalue weighted by Crippen LogP contribution is 2.13. The molecule has 0 radical (unpaired) electrons. The summed E-state index contributed by atoms with van der Waals surface area (Å²) in [6.45, 7) is 0. The molecule has 0 aliphatic heterocycles. The number of rotatable bonds is 3. The van der Waals surface area contributed by atoms with Crippen LogP contribution in [0.2, 0.25) is 0 Å². The van der Waals surface area contributed by atoms with Gasteiger partial charge in [-0.05, 0) is 6.42 Å². The molecule has 2 nitrogen and oxygen atoms in total. The number of hydrogen-bond acceptors (Lipinski definition) is 2. The molecule has 0 spiro atoms. The first-order valence-corrected chi connectivity index (χ1v) is 2.43. The minimum atomic E-state index is -2.47. The maximum atomic E-state index is 11.7. The quantitative estimate of drug-likeness (QED) is 0.595. The third-order valence-electron chi connectivity index (χ3n) is 0.754. The van der Waals surface area contributed by atoms with Gasteiger partial charge >= 0.3 is 6.08 Å². The fourth-order valence-corrected chi connectivity index (χ4v) is 0.306. The minimum absolute atomic E-state index is 0.719. The lowest BCUT2D eigenvalue weighted by molar-refractivity contribution is -0.305. The van der Waals surface area contributed by atoms with Crippen LogP contribution in [0.1, 0.15) is 12.8 Å². The van der Waals surface area contributed by atoms with Crippen molar-refractivity contribution in [3.8, 4) is 0 Å². The number of aliphatic carboxylic acids is 1. The van der Waals surface area contributed by atoms with Crippen LogP contribution in [0.4, 0.5) is 13.2 Å². The lowest BCUT2D eigenvalue weighted by Crippen LogP contribution is -2.21. The van der Waals surface area contributed by atoms with Gasteiger partial charge in [0.1, 0.15) is 0 Å². The SMILES string of the molecule is O=C([O-])CCC(F)=C(F)F. The van der Waals surface area contributed by atoms with Gasteiger partial charge in [-0.25, -0.2) is 4.39 Å². The first-order chi connectivity index (χ1) is 4.54. The van der Waals surface area contributed by atoms with E-state index in [9.17, 15) is 23.1 Å². The predicted molar refractivity (Wildman–Crippen MR) is 24.6 cm³/mol. The smallest absolute Gasteiger partial charge is 0.301 e. The van der Waals surface area contributed by atoms with Gasteiger partial charge in [0, 0.05) is 12.4 Å². The summed E-state index contributed by atoms with van der Waals surface area (Å²) in [6, 6.07) is 0. The molecule has 0 amide bonds. The maximum Gasteiger partial charge on any atom is 0.301 e. The van der Waals surface area contributed by atoms with Gasteiger partial charge < -0.3 is 9.90 Å². The normalized spacial score (nSPS) is 9.10. The number of carboxylic acid groups (broad SMARTS) is 1. The number of hydrogen-bond donors (Lipinski definition) is 0. The lowest BCUT2D eigenvalue weighted by atomic mass is 10.3. The van der Waals surface area contributed by atoms with E-state index in [1.165, 1.54) is 0 Å². The fraction of sp³-hybridized carbons (Fsp3) is 0.400. The van der Waals surface area contributed by atoms with Crippen molar-refractivity contribution in [2.75, 3.05) is 0 Å². The molecule has 5 heteroatoms. The van der Waals surface area contributed by atoms with Crippen molar-refractivity contribution < 1.29 is 23.1 Å². The molecule has 0 N–H and O–H groups in total. The molecule has 0 saturated carbocycles. The molecule has 0 unspecified atom stereocenters. The predicted octanol–water partition coefficient (Wildman–Crippen LogP) is 0.594. The summed E-state index contributed by atoms with van der Waals surface area (Å²) in [5, 5.41) is 9.58. The molecule has 0 aliphatic rings. The standard InChI is InChI=1S/C5H5F3O2/c6-3(5(7)8)1-2-4(9)10/h1-2H2,(H,9,10)/p-1. The zero-order valence-corrected chi connectivity index (χ0v) is 4.86. The molecule has 0 atom stereocenters. The van der Waals surface area contributed by atoms with Crippen molar-refractivity contribution >= 4 is 5.97 Å². The topological polar surface area (TPSA) is 40.1 Å². The Kier molecular flexibility index (Phi) is 3.53. The molecule has 0 aliphatic carbocycles. The summed E-state index contributed by atoms with van der Waals surface area (Å²) in [6.07, 6.45) is -3.99. The zero-order valence-electron chi connectivity index (χ0n) is 4.86. The van der Waals surface area contributed by atoms with Gasteiger partial charge in [-0.3, -0.25) is 0 Å². The highest BCUT2D eigenvalue weighted by molar-refractivity contribution is 5.64. The fourth-order valence-electron chi connectivity index (χ4n) is 0.306. The third-order valence-corrected chi connectivity index (χ3v) is 0.754. The van der Waals surface area contributed by atoms with Crippen LogP contribution in [-0.4, -0.2) is 5.97 Å². The van der Waals surface area contributed by atoms with Crippen LogP contribution >= 0.6 is 0 Å². The minimum Gasteiger partial charge on any atom is -0.550 e. The molecule has 0 saturated heterocycles. The highest BCUT2D eigenvalue weighted by Gasteiger charge is 2.03. The van der Waals surface area contributed by atoms with Gasteiger partial charge in [-0.2, -0.15) is 8.78 Å². The summed E-state index contributed by atoms with van der Waals surface area (Å²) in [7, 11) is 0. The van der Waals surface area contributed by atoms with Crippen molar-refractivity contribution in [1.82, 2.24) is 0 Å². The van der Waals surface area contributed by atoms with E-state index in [1.54, 1.807) is 0 Å². The van der Waals surface area contributed by atoms with Crippen molar-refractivity contribution in [2.45, 2.75) is 12.8 Å². The van der Waals surface area contributed by atoms with Crippen molar-refractivity contribution in [3.63, 3.8) is 0 Å². The Labute approximate surface area is 55.0 Å². The van der Waals surface area contributed by atoms with E-state index in [2.05, 4.69) is 0 Å². The first kappa shape index (κ1) is 9.00. The number of carboxylic acids is 1. The van der Waals surface area contributed by atoms with Crippen LogP contribution in [0.15, 0.2) is 11.9 Å². The van der Waals surface area contributed by atoms with E-state index in [0.29, 0.717) is 0 Å². The molecule has 0 aromatic heterocycles. The van der Waals surface area contributed by atoms with Gasteiger partial charge in [0.15, 0.2) is 5.83 Å². The summed E-state index contributed by atoms with van der Waals surface area (Å²) in [5.74, 6) is -3.24. The highest BCUT2D eigenvalue weighted by atomic mass is 19.3. The molecular formula is C5H4F3O2-. The van der Waals surface area contributed by atoms with Gasteiger partial charge in [-0.15, -0.1) is 0 Å². The Bertz CT molecular complexity index is 160. The largest absolute Gasteiger partial charge is 0.550 e. The zero-order chi connectivity index (χ0) is 8.15. The molecule has 0 aromatic rings. The van der Waals surface area contributed by atoms with E-state index in [-0.39, 0.29) is 0 Å². The Morgan fingerprint density at radius 1 is 1.20 bits per heavy atom. The van der Waals surface area contributed by atoms with Gasteiger partial charge in [0.25, 0.3) is 0 Å². The van der Waals surface area contributed by atoms with Crippen molar-refractivity contribution in [1.29, 1.82) is 0 Å². The average molecular weight is 153 g/mol. The van der Waals surface area contributed by atoms with E-state index in [4.69, 9.17) is 0 Å². The number of halogens is 3. The van der Waals surface area contributed by atoms with Crippen molar-refractivity contribution in [3.05, 3.63) is 11.9 Å². The van der Waals surface area contributed by atoms with Crippen LogP contribution in [0, 0.1) is 0 Å². The Balaban J connectivity index is 3.71. The van der Waals surface area contributed by atoms with Crippen LogP contribution in [0.3, 0.4) is 0 Å². The van der Waals surface area contributed by atoms with E-state index >= 15 is 0 Å². The average Bonchev–Trinajstić information content (AvgIpc) is 1.82. The number of carbonyl (C=O) groups is 1. The molecular weight excluding hydrogens is 149 g/mol. The van der Waals surface area contributed by atoms with Crippen LogP contribution in [0.25, 0.3) is 0 Å². The second-order valence-electron chi connectivity index (χ2n) is 1.54. The third kappa shape index (κ3) is 3.94. The summed E-state index contributed by atoms with van der Waals surface area (Å²) in [5.41, 5.74) is 0.